The molecule has 10 heteroatoms. The molecule has 0 saturated carbocycles. The number of nitrogens with zero attached hydrogens (tertiary/aromatic N) is 2. The molecule has 0 unspecified atom stereocenters. The van der Waals surface area contributed by atoms with Gasteiger partial charge >= 0.3 is 0 Å². The summed E-state index contributed by atoms with van der Waals surface area (Å²) >= 11 is 1.20. The second-order valence-corrected chi connectivity index (χ2v) is 8.15. The number of benzene rings is 1. The van der Waals surface area contributed by atoms with Crippen LogP contribution in [0, 0.1) is 0 Å². The number of sulfonamides is 1. The normalized spacial score (nSPS) is 15.5. The molecule has 0 spiro atoms. The van der Waals surface area contributed by atoms with E-state index in [9.17, 15) is 8.42 Å². The van der Waals surface area contributed by atoms with Gasteiger partial charge in [0.2, 0.25) is 15.2 Å². The molecule has 1 aromatic heterocycles. The summed E-state index contributed by atoms with van der Waals surface area (Å²) in [6, 6.07) is 7.43. The molecule has 2 aromatic rings. The van der Waals surface area contributed by atoms with Crippen LogP contribution in [-0.4, -0.2) is 44.1 Å². The van der Waals surface area contributed by atoms with Gasteiger partial charge in [0.15, 0.2) is 5.01 Å². The summed E-state index contributed by atoms with van der Waals surface area (Å²) in [5.74, 6) is 0.677. The van der Waals surface area contributed by atoms with Crippen molar-refractivity contribution in [3.8, 4) is 16.3 Å². The van der Waals surface area contributed by atoms with Gasteiger partial charge in [0, 0.05) is 0 Å². The van der Waals surface area contributed by atoms with Crippen molar-refractivity contribution in [1.82, 2.24) is 15.5 Å². The number of para-hydroxylation sites is 1. The SMILES string of the molecule is COc1ccccc1-c1nnc(NS(=O)(=O)C2CCNCC2)s1.Cl. The summed E-state index contributed by atoms with van der Waals surface area (Å²) < 4.78 is 32.7. The number of ether oxygens (including phenoxy) is 1. The molecule has 0 atom stereocenters. The number of halogens is 1. The van der Waals surface area contributed by atoms with E-state index >= 15 is 0 Å². The number of methoxy groups -OCH3 is 1. The van der Waals surface area contributed by atoms with Crippen molar-refractivity contribution in [2.24, 2.45) is 0 Å². The maximum Gasteiger partial charge on any atom is 0.237 e. The molecule has 24 heavy (non-hydrogen) atoms. The molecule has 1 saturated heterocycles. The number of piperidine rings is 1. The number of nitrogens with one attached hydrogen (secondary N) is 2. The Morgan fingerprint density at radius 2 is 1.96 bits per heavy atom. The van der Waals surface area contributed by atoms with Crippen LogP contribution in [0.15, 0.2) is 24.3 Å². The summed E-state index contributed by atoms with van der Waals surface area (Å²) in [5.41, 5.74) is 0.791. The van der Waals surface area contributed by atoms with Gasteiger partial charge in [-0.2, -0.15) is 0 Å². The molecule has 1 fully saturated rings. The summed E-state index contributed by atoms with van der Waals surface area (Å²) in [7, 11) is -1.85. The van der Waals surface area contributed by atoms with Crippen LogP contribution in [-0.2, 0) is 10.0 Å². The first-order valence-corrected chi connectivity index (χ1v) is 9.65. The molecular formula is C14H19ClN4O3S2. The van der Waals surface area contributed by atoms with Gasteiger partial charge in [-0.1, -0.05) is 23.5 Å². The Hall–Kier alpha value is -1.42. The minimum atomic E-state index is -3.43. The monoisotopic (exact) mass is 390 g/mol. The molecule has 1 aliphatic rings. The van der Waals surface area contributed by atoms with Crippen LogP contribution in [0.4, 0.5) is 5.13 Å². The lowest BCUT2D eigenvalue weighted by atomic mass is 10.2. The van der Waals surface area contributed by atoms with Crippen molar-refractivity contribution >= 4 is 38.9 Å². The lowest BCUT2D eigenvalue weighted by molar-refractivity contribution is 0.416. The van der Waals surface area contributed by atoms with E-state index < -0.39 is 10.0 Å². The van der Waals surface area contributed by atoms with Crippen LogP contribution in [0.3, 0.4) is 0 Å². The molecule has 1 aromatic carbocycles. The van der Waals surface area contributed by atoms with Gasteiger partial charge in [0.05, 0.1) is 17.9 Å². The Bertz CT molecular complexity index is 776. The fraction of sp³-hybridized carbons (Fsp3) is 0.429. The van der Waals surface area contributed by atoms with E-state index in [-0.39, 0.29) is 22.8 Å². The third kappa shape index (κ3) is 4.15. The first-order valence-electron chi connectivity index (χ1n) is 7.29. The number of rotatable bonds is 5. The van der Waals surface area contributed by atoms with Gasteiger partial charge in [-0.3, -0.25) is 4.72 Å². The summed E-state index contributed by atoms with van der Waals surface area (Å²) in [4.78, 5) is 0. The van der Waals surface area contributed by atoms with E-state index in [0.717, 1.165) is 5.56 Å². The topological polar surface area (TPSA) is 93.2 Å². The highest BCUT2D eigenvalue weighted by molar-refractivity contribution is 7.93. The number of anilines is 1. The predicted octanol–water partition coefficient (Wildman–Crippen LogP) is 2.13. The Morgan fingerprint density at radius 3 is 2.67 bits per heavy atom. The summed E-state index contributed by atoms with van der Waals surface area (Å²) in [6.07, 6.45) is 1.21. The molecule has 1 aliphatic heterocycles. The zero-order chi connectivity index (χ0) is 16.3. The van der Waals surface area contributed by atoms with Gasteiger partial charge in [-0.15, -0.1) is 22.6 Å². The van der Waals surface area contributed by atoms with Crippen molar-refractivity contribution in [1.29, 1.82) is 0 Å². The molecule has 3 rings (SSSR count). The Morgan fingerprint density at radius 1 is 1.25 bits per heavy atom. The van der Waals surface area contributed by atoms with Crippen LogP contribution in [0.2, 0.25) is 0 Å². The molecule has 0 bridgehead atoms. The van der Waals surface area contributed by atoms with Gasteiger partial charge in [0.25, 0.3) is 0 Å². The smallest absolute Gasteiger partial charge is 0.237 e. The molecule has 0 radical (unpaired) electrons. The first-order chi connectivity index (χ1) is 11.1. The second-order valence-electron chi connectivity index (χ2n) is 5.21. The molecule has 0 amide bonds. The third-order valence-electron chi connectivity index (χ3n) is 3.72. The average Bonchev–Trinajstić information content (AvgIpc) is 3.03. The van der Waals surface area contributed by atoms with E-state index in [1.165, 1.54) is 11.3 Å². The van der Waals surface area contributed by atoms with E-state index in [1.807, 2.05) is 24.3 Å². The van der Waals surface area contributed by atoms with E-state index in [1.54, 1.807) is 7.11 Å². The van der Waals surface area contributed by atoms with Crippen molar-refractivity contribution in [3.05, 3.63) is 24.3 Å². The highest BCUT2D eigenvalue weighted by atomic mass is 35.5. The summed E-state index contributed by atoms with van der Waals surface area (Å²) in [6.45, 7) is 1.43. The standard InChI is InChI=1S/C14H18N4O3S2.ClH/c1-21-12-5-3-2-4-11(12)13-16-17-14(22-13)18-23(19,20)10-6-8-15-9-7-10;/h2-5,10,15H,6-9H2,1H3,(H,17,18);1H. The molecule has 2 N–H and O–H groups in total. The van der Waals surface area contributed by atoms with Crippen molar-refractivity contribution < 1.29 is 13.2 Å². The number of hydrogen-bond donors (Lipinski definition) is 2. The number of aromatic nitrogens is 2. The molecular weight excluding hydrogens is 372 g/mol. The Balaban J connectivity index is 0.00000208. The predicted molar refractivity (Wildman–Crippen MR) is 97.6 cm³/mol. The third-order valence-corrected chi connectivity index (χ3v) is 6.55. The van der Waals surface area contributed by atoms with Gasteiger partial charge in [-0.25, -0.2) is 8.42 Å². The van der Waals surface area contributed by atoms with Crippen LogP contribution in [0.25, 0.3) is 10.6 Å². The van der Waals surface area contributed by atoms with Gasteiger partial charge < -0.3 is 10.1 Å². The lowest BCUT2D eigenvalue weighted by Gasteiger charge is -2.22. The Kier molecular flexibility index (Phi) is 6.39. The lowest BCUT2D eigenvalue weighted by Crippen LogP contribution is -2.38. The van der Waals surface area contributed by atoms with E-state index in [2.05, 4.69) is 20.2 Å². The fourth-order valence-electron chi connectivity index (χ4n) is 2.51. The zero-order valence-corrected chi connectivity index (χ0v) is 15.5. The van der Waals surface area contributed by atoms with Crippen molar-refractivity contribution in [3.63, 3.8) is 0 Å². The van der Waals surface area contributed by atoms with E-state index in [0.29, 0.717) is 36.7 Å². The van der Waals surface area contributed by atoms with Crippen molar-refractivity contribution in [2.75, 3.05) is 24.9 Å². The first kappa shape index (κ1) is 18.9. The number of hydrogen-bond acceptors (Lipinski definition) is 7. The Labute approximate surface area is 151 Å². The van der Waals surface area contributed by atoms with Gasteiger partial charge in [-0.05, 0) is 38.1 Å². The maximum atomic E-state index is 12.4. The maximum absolute atomic E-state index is 12.4. The zero-order valence-electron chi connectivity index (χ0n) is 13.1. The van der Waals surface area contributed by atoms with Crippen molar-refractivity contribution in [2.45, 2.75) is 18.1 Å². The summed E-state index contributed by atoms with van der Waals surface area (Å²) in [5, 5.41) is 11.7. The highest BCUT2D eigenvalue weighted by Crippen LogP contribution is 2.33. The molecule has 0 aliphatic carbocycles. The van der Waals surface area contributed by atoms with Crippen LogP contribution in [0.1, 0.15) is 12.8 Å². The average molecular weight is 391 g/mol. The van der Waals surface area contributed by atoms with Crippen LogP contribution < -0.4 is 14.8 Å². The fourth-order valence-corrected chi connectivity index (χ4v) is 4.95. The largest absolute Gasteiger partial charge is 0.496 e. The quantitative estimate of drug-likeness (QED) is 0.812. The van der Waals surface area contributed by atoms with Crippen LogP contribution in [0.5, 0.6) is 5.75 Å². The van der Waals surface area contributed by atoms with Gasteiger partial charge in [0.1, 0.15) is 5.75 Å². The minimum absolute atomic E-state index is 0. The minimum Gasteiger partial charge on any atom is -0.496 e. The molecule has 2 heterocycles. The molecule has 132 valence electrons. The second kappa shape index (κ2) is 8.11. The van der Waals surface area contributed by atoms with Crippen LogP contribution >= 0.6 is 23.7 Å². The highest BCUT2D eigenvalue weighted by Gasteiger charge is 2.28. The van der Waals surface area contributed by atoms with E-state index in [4.69, 9.17) is 4.74 Å². The molecule has 7 nitrogen and oxygen atoms in total.